The largest absolute Gasteiger partial charge is 0.446 e. The van der Waals surface area contributed by atoms with Gasteiger partial charge in [-0.1, -0.05) is 12.1 Å². The molecule has 3 aliphatic rings. The predicted octanol–water partition coefficient (Wildman–Crippen LogP) is 4.83. The molecule has 1 amide bonds. The van der Waals surface area contributed by atoms with Crippen LogP contribution in [0.25, 0.3) is 0 Å². The van der Waals surface area contributed by atoms with Crippen molar-refractivity contribution in [1.29, 1.82) is 10.5 Å². The van der Waals surface area contributed by atoms with Gasteiger partial charge in [0.25, 0.3) is 0 Å². The van der Waals surface area contributed by atoms with Crippen molar-refractivity contribution < 1.29 is 13.9 Å². The Morgan fingerprint density at radius 2 is 1.85 bits per heavy atom. The maximum Gasteiger partial charge on any atom is 0.407 e. The number of carbonyl (C=O) groups is 1. The smallest absolute Gasteiger partial charge is 0.407 e. The van der Waals surface area contributed by atoms with Crippen molar-refractivity contribution in [2.45, 2.75) is 43.6 Å². The molecule has 3 atom stereocenters. The summed E-state index contributed by atoms with van der Waals surface area (Å²) in [5.41, 5.74) is 1.63. The number of alkyl carbamates (subject to hydrolysis) is 1. The van der Waals surface area contributed by atoms with E-state index in [0.717, 1.165) is 64.1 Å². The monoisotopic (exact) mass is 529 g/mol. The number of likely N-dealkylation sites (tertiary alicyclic amines) is 1. The standard InChI is InChI=1S/C31H36FN5O2/c1-35-30(38)39-29-7-3-6-28(29)31(21-34,25-4-2-5-26(32)16-25)24-12-14-36(15-13-24)18-23-19-37(20-23)27-10-8-22(17-33)9-11-27/h2,4-5,8-11,16,23-24,28-29H,3,6-7,12-15,18-20H2,1H3,(H,35,38). The number of ether oxygens (including phenoxy) is 1. The van der Waals surface area contributed by atoms with Crippen molar-refractivity contribution in [2.75, 3.05) is 44.7 Å². The minimum atomic E-state index is -0.910. The molecule has 1 saturated carbocycles. The van der Waals surface area contributed by atoms with Crippen LogP contribution in [-0.2, 0) is 10.2 Å². The van der Waals surface area contributed by atoms with Crippen molar-refractivity contribution in [3.63, 3.8) is 0 Å². The summed E-state index contributed by atoms with van der Waals surface area (Å²) in [5, 5.41) is 22.4. The molecule has 3 fully saturated rings. The van der Waals surface area contributed by atoms with Gasteiger partial charge in [-0.3, -0.25) is 0 Å². The molecule has 1 aliphatic carbocycles. The van der Waals surface area contributed by atoms with Crippen molar-refractivity contribution in [2.24, 2.45) is 17.8 Å². The zero-order valence-electron chi connectivity index (χ0n) is 22.5. The number of amides is 1. The van der Waals surface area contributed by atoms with E-state index in [1.54, 1.807) is 6.07 Å². The van der Waals surface area contributed by atoms with Crippen LogP contribution in [0.15, 0.2) is 48.5 Å². The van der Waals surface area contributed by atoms with Crippen molar-refractivity contribution in [1.82, 2.24) is 10.2 Å². The van der Waals surface area contributed by atoms with Crippen LogP contribution in [0.2, 0.25) is 0 Å². The Kier molecular flexibility index (Phi) is 8.04. The highest BCUT2D eigenvalue weighted by atomic mass is 19.1. The Balaban J connectivity index is 1.26. The van der Waals surface area contributed by atoms with Crippen molar-refractivity contribution in [3.8, 4) is 12.1 Å². The van der Waals surface area contributed by atoms with Gasteiger partial charge < -0.3 is 19.9 Å². The normalized spacial score (nSPS) is 23.7. The number of nitrogens with zero attached hydrogens (tertiary/aromatic N) is 4. The summed E-state index contributed by atoms with van der Waals surface area (Å²) in [6.45, 7) is 4.80. The topological polar surface area (TPSA) is 92.4 Å². The Morgan fingerprint density at radius 3 is 2.49 bits per heavy atom. The number of nitriles is 2. The number of hydrogen-bond donors (Lipinski definition) is 1. The molecule has 5 rings (SSSR count). The van der Waals surface area contributed by atoms with Crippen molar-refractivity contribution >= 4 is 11.8 Å². The molecule has 3 unspecified atom stereocenters. The number of hydrogen-bond acceptors (Lipinski definition) is 6. The highest BCUT2D eigenvalue weighted by molar-refractivity contribution is 5.67. The third-order valence-electron chi connectivity index (χ3n) is 9.05. The van der Waals surface area contributed by atoms with Crippen LogP contribution >= 0.6 is 0 Å². The Hall–Kier alpha value is -3.62. The number of rotatable bonds is 7. The van der Waals surface area contributed by atoms with E-state index in [0.29, 0.717) is 23.5 Å². The fraction of sp³-hybridized carbons (Fsp3) is 0.516. The second kappa shape index (κ2) is 11.6. The summed E-state index contributed by atoms with van der Waals surface area (Å²) < 4.78 is 20.2. The first-order valence-corrected chi connectivity index (χ1v) is 14.0. The highest BCUT2D eigenvalue weighted by Crippen LogP contribution is 2.51. The third-order valence-corrected chi connectivity index (χ3v) is 9.05. The average molecular weight is 530 g/mol. The highest BCUT2D eigenvalue weighted by Gasteiger charge is 2.53. The lowest BCUT2D eigenvalue weighted by atomic mass is 9.59. The number of nitrogens with one attached hydrogen (secondary N) is 1. The first kappa shape index (κ1) is 27.0. The van der Waals surface area contributed by atoms with Gasteiger partial charge in [0, 0.05) is 44.2 Å². The van der Waals surface area contributed by atoms with Gasteiger partial charge in [0.2, 0.25) is 0 Å². The molecule has 2 heterocycles. The van der Waals surface area contributed by atoms with Crippen LogP contribution in [0.5, 0.6) is 0 Å². The number of halogens is 1. The second-order valence-corrected chi connectivity index (χ2v) is 11.2. The number of piperidine rings is 1. The number of benzene rings is 2. The minimum Gasteiger partial charge on any atom is -0.446 e. The summed E-state index contributed by atoms with van der Waals surface area (Å²) in [6.07, 6.45) is 3.21. The van der Waals surface area contributed by atoms with Gasteiger partial charge in [-0.25, -0.2) is 9.18 Å². The van der Waals surface area contributed by atoms with Crippen molar-refractivity contribution in [3.05, 3.63) is 65.5 Å². The Bertz CT molecular complexity index is 1240. The number of anilines is 1. The van der Waals surface area contributed by atoms with Gasteiger partial charge in [0.05, 0.1) is 23.1 Å². The average Bonchev–Trinajstić information content (AvgIpc) is 3.40. The van der Waals surface area contributed by atoms with Crippen LogP contribution < -0.4 is 10.2 Å². The van der Waals surface area contributed by atoms with E-state index >= 15 is 0 Å². The Labute approximate surface area is 230 Å². The summed E-state index contributed by atoms with van der Waals surface area (Å²) in [5.74, 6) is 0.117. The fourth-order valence-electron chi connectivity index (χ4n) is 7.10. The van der Waals surface area contributed by atoms with E-state index in [1.807, 2.05) is 30.3 Å². The molecule has 2 aromatic rings. The van der Waals surface area contributed by atoms with Crippen LogP contribution in [-0.4, -0.2) is 56.9 Å². The molecule has 8 heteroatoms. The van der Waals surface area contributed by atoms with Gasteiger partial charge in [-0.15, -0.1) is 0 Å². The minimum absolute atomic E-state index is 0.0518. The molecule has 0 radical (unpaired) electrons. The van der Waals surface area contributed by atoms with E-state index < -0.39 is 11.5 Å². The molecule has 7 nitrogen and oxygen atoms in total. The summed E-state index contributed by atoms with van der Waals surface area (Å²) in [4.78, 5) is 17.0. The Morgan fingerprint density at radius 1 is 1.10 bits per heavy atom. The van der Waals surface area contributed by atoms with Crippen LogP contribution in [0.1, 0.15) is 43.2 Å². The van der Waals surface area contributed by atoms with E-state index in [9.17, 15) is 14.4 Å². The molecule has 0 aromatic heterocycles. The summed E-state index contributed by atoms with van der Waals surface area (Å²) in [7, 11) is 1.54. The maximum atomic E-state index is 14.5. The second-order valence-electron chi connectivity index (χ2n) is 11.2. The quantitative estimate of drug-likeness (QED) is 0.552. The van der Waals surface area contributed by atoms with Gasteiger partial charge in [-0.05, 0) is 93.1 Å². The van der Waals surface area contributed by atoms with E-state index in [2.05, 4.69) is 27.3 Å². The molecule has 0 spiro atoms. The van der Waals surface area contributed by atoms with Gasteiger partial charge in [0.15, 0.2) is 0 Å². The zero-order chi connectivity index (χ0) is 27.4. The van der Waals surface area contributed by atoms with E-state index in [4.69, 9.17) is 10.00 Å². The molecule has 2 aromatic carbocycles. The predicted molar refractivity (Wildman–Crippen MR) is 146 cm³/mol. The lowest BCUT2D eigenvalue weighted by Gasteiger charge is -2.47. The molecule has 0 bridgehead atoms. The van der Waals surface area contributed by atoms with E-state index in [1.165, 1.54) is 19.2 Å². The SMILES string of the molecule is CNC(=O)OC1CCCC1C(C#N)(c1cccc(F)c1)C1CCN(CC2CN(c3ccc(C#N)cc3)C2)CC1. The summed E-state index contributed by atoms with van der Waals surface area (Å²) in [6, 6.07) is 19.1. The lowest BCUT2D eigenvalue weighted by molar-refractivity contribution is 0.0306. The third kappa shape index (κ3) is 5.44. The van der Waals surface area contributed by atoms with Gasteiger partial charge >= 0.3 is 6.09 Å². The molecule has 2 saturated heterocycles. The molecule has 39 heavy (non-hydrogen) atoms. The summed E-state index contributed by atoms with van der Waals surface area (Å²) >= 11 is 0. The number of carbonyl (C=O) groups excluding carboxylic acids is 1. The van der Waals surface area contributed by atoms with Crippen LogP contribution in [0, 0.1) is 46.2 Å². The zero-order valence-corrected chi connectivity index (χ0v) is 22.5. The first-order valence-electron chi connectivity index (χ1n) is 14.0. The van der Waals surface area contributed by atoms with Gasteiger partial charge in [-0.2, -0.15) is 10.5 Å². The van der Waals surface area contributed by atoms with Crippen LogP contribution in [0.3, 0.4) is 0 Å². The van der Waals surface area contributed by atoms with Crippen LogP contribution in [0.4, 0.5) is 14.9 Å². The first-order chi connectivity index (χ1) is 19.0. The van der Waals surface area contributed by atoms with Gasteiger partial charge in [0.1, 0.15) is 11.9 Å². The fourth-order valence-corrected chi connectivity index (χ4v) is 7.10. The molecular formula is C31H36FN5O2. The molecular weight excluding hydrogens is 493 g/mol. The lowest BCUT2D eigenvalue weighted by Crippen LogP contribution is -2.54. The van der Waals surface area contributed by atoms with E-state index in [-0.39, 0.29) is 23.8 Å². The molecule has 204 valence electrons. The molecule has 1 N–H and O–H groups in total. The maximum absolute atomic E-state index is 14.5. The molecule has 2 aliphatic heterocycles.